The fourth-order valence-electron chi connectivity index (χ4n) is 3.19. The van der Waals surface area contributed by atoms with Gasteiger partial charge in [0.05, 0.1) is 13.2 Å². The van der Waals surface area contributed by atoms with Crippen molar-refractivity contribution >= 4 is 35.8 Å². The first-order valence-corrected chi connectivity index (χ1v) is 10.6. The molecule has 1 heterocycles. The van der Waals surface area contributed by atoms with E-state index in [1.807, 2.05) is 30.0 Å². The second kappa shape index (κ2) is 13.7. The maximum Gasteiger partial charge on any atom is 0.222 e. The highest BCUT2D eigenvalue weighted by molar-refractivity contribution is 14.0. The smallest absolute Gasteiger partial charge is 0.222 e. The zero-order valence-corrected chi connectivity index (χ0v) is 20.6. The second-order valence-electron chi connectivity index (χ2n) is 7.66. The number of amides is 1. The van der Waals surface area contributed by atoms with E-state index in [1.165, 1.54) is 0 Å². The van der Waals surface area contributed by atoms with Gasteiger partial charge >= 0.3 is 0 Å². The number of guanidine groups is 1. The van der Waals surface area contributed by atoms with Gasteiger partial charge in [0.1, 0.15) is 5.75 Å². The molecule has 0 radical (unpaired) electrons. The van der Waals surface area contributed by atoms with Crippen molar-refractivity contribution in [1.82, 2.24) is 15.5 Å². The van der Waals surface area contributed by atoms with E-state index < -0.39 is 0 Å². The summed E-state index contributed by atoms with van der Waals surface area (Å²) >= 11 is 0. The van der Waals surface area contributed by atoms with Crippen LogP contribution in [0.1, 0.15) is 52.5 Å². The van der Waals surface area contributed by atoms with Crippen LogP contribution in [0.2, 0.25) is 0 Å². The summed E-state index contributed by atoms with van der Waals surface area (Å²) in [5.74, 6) is 2.54. The molecule has 1 amide bonds. The van der Waals surface area contributed by atoms with E-state index in [1.54, 1.807) is 0 Å². The molecule has 7 heteroatoms. The summed E-state index contributed by atoms with van der Waals surface area (Å²) in [5, 5.41) is 6.79. The van der Waals surface area contributed by atoms with Gasteiger partial charge < -0.3 is 20.3 Å². The highest BCUT2D eigenvalue weighted by Gasteiger charge is 2.25. The maximum absolute atomic E-state index is 11.9. The Morgan fingerprint density at radius 1 is 1.31 bits per heavy atom. The van der Waals surface area contributed by atoms with Crippen LogP contribution in [0.4, 0.5) is 0 Å². The van der Waals surface area contributed by atoms with Gasteiger partial charge in [0.15, 0.2) is 5.96 Å². The minimum Gasteiger partial charge on any atom is -0.493 e. The molecule has 1 fully saturated rings. The predicted molar refractivity (Wildman–Crippen MR) is 130 cm³/mol. The normalized spacial score (nSPS) is 16.5. The molecule has 1 aliphatic rings. The fourth-order valence-corrected chi connectivity index (χ4v) is 3.19. The van der Waals surface area contributed by atoms with Gasteiger partial charge in [-0.05, 0) is 31.7 Å². The Morgan fingerprint density at radius 2 is 2.07 bits per heavy atom. The van der Waals surface area contributed by atoms with E-state index >= 15 is 0 Å². The summed E-state index contributed by atoms with van der Waals surface area (Å²) in [5.41, 5.74) is 1.08. The van der Waals surface area contributed by atoms with Gasteiger partial charge in [-0.2, -0.15) is 0 Å². The van der Waals surface area contributed by atoms with Crippen molar-refractivity contribution < 1.29 is 9.53 Å². The number of rotatable bonds is 9. The molecule has 2 N–H and O–H groups in total. The second-order valence-corrected chi connectivity index (χ2v) is 7.66. The molecule has 29 heavy (non-hydrogen) atoms. The largest absolute Gasteiger partial charge is 0.493 e. The first-order valence-electron chi connectivity index (χ1n) is 10.6. The maximum atomic E-state index is 11.9. The third-order valence-corrected chi connectivity index (χ3v) is 4.86. The molecule has 0 saturated carbocycles. The van der Waals surface area contributed by atoms with Gasteiger partial charge in [0.25, 0.3) is 0 Å². The van der Waals surface area contributed by atoms with Gasteiger partial charge in [-0.1, -0.05) is 39.0 Å². The lowest BCUT2D eigenvalue weighted by Crippen LogP contribution is -2.45. The molecule has 0 aromatic heterocycles. The van der Waals surface area contributed by atoms with Crippen LogP contribution < -0.4 is 15.4 Å². The average Bonchev–Trinajstić information content (AvgIpc) is 3.15. The van der Waals surface area contributed by atoms with Crippen LogP contribution >= 0.6 is 24.0 Å². The number of halogens is 1. The number of nitrogens with zero attached hydrogens (tertiary/aromatic N) is 2. The lowest BCUT2D eigenvalue weighted by Gasteiger charge is -2.19. The summed E-state index contributed by atoms with van der Waals surface area (Å²) in [4.78, 5) is 18.6. The third kappa shape index (κ3) is 8.80. The molecule has 6 nitrogen and oxygen atoms in total. The van der Waals surface area contributed by atoms with E-state index in [4.69, 9.17) is 9.73 Å². The third-order valence-electron chi connectivity index (χ3n) is 4.86. The molecule has 164 valence electrons. The Kier molecular flexibility index (Phi) is 12.0. The van der Waals surface area contributed by atoms with Crippen LogP contribution in [0.25, 0.3) is 0 Å². The van der Waals surface area contributed by atoms with E-state index in [0.29, 0.717) is 18.9 Å². The van der Waals surface area contributed by atoms with Crippen LogP contribution in [-0.2, 0) is 11.3 Å². The number of ether oxygens (including phenoxy) is 1. The van der Waals surface area contributed by atoms with E-state index in [-0.39, 0.29) is 35.9 Å². The van der Waals surface area contributed by atoms with Gasteiger partial charge in [-0.15, -0.1) is 24.0 Å². The number of aliphatic imine (C=N–C) groups is 1. The molecule has 2 rings (SSSR count). The molecule has 1 aromatic rings. The van der Waals surface area contributed by atoms with E-state index in [9.17, 15) is 4.79 Å². The van der Waals surface area contributed by atoms with Crippen LogP contribution in [0.15, 0.2) is 29.3 Å². The van der Waals surface area contributed by atoms with E-state index in [2.05, 4.69) is 37.5 Å². The zero-order chi connectivity index (χ0) is 20.4. The number of hydrogen-bond acceptors (Lipinski definition) is 3. The summed E-state index contributed by atoms with van der Waals surface area (Å²) in [6, 6.07) is 8.34. The topological polar surface area (TPSA) is 66.0 Å². The first kappa shape index (κ1) is 25.5. The molecule has 1 aliphatic heterocycles. The van der Waals surface area contributed by atoms with Crippen LogP contribution in [-0.4, -0.2) is 49.0 Å². The standard InChI is InChI=1S/C22H36N4O2.HI/c1-5-21(27)26-13-11-19(16-26)25-22(23-6-2)24-15-18-9-7-8-10-20(18)28-14-12-17(3)4;/h7-10,17,19H,5-6,11-16H2,1-4H3,(H2,23,24,25);1H. The summed E-state index contributed by atoms with van der Waals surface area (Å²) in [7, 11) is 0. The van der Waals surface area contributed by atoms with Crippen LogP contribution in [0.5, 0.6) is 5.75 Å². The minimum atomic E-state index is 0. The van der Waals surface area contributed by atoms with Gasteiger partial charge in [-0.3, -0.25) is 4.79 Å². The minimum absolute atomic E-state index is 0. The Hall–Kier alpha value is -1.51. The molecular formula is C22H37IN4O2. The fraction of sp³-hybridized carbons (Fsp3) is 0.636. The zero-order valence-electron chi connectivity index (χ0n) is 18.2. The van der Waals surface area contributed by atoms with Crippen LogP contribution in [0.3, 0.4) is 0 Å². The van der Waals surface area contributed by atoms with Crippen molar-refractivity contribution in [3.8, 4) is 5.75 Å². The highest BCUT2D eigenvalue weighted by atomic mass is 127. The van der Waals surface area contributed by atoms with Gasteiger partial charge in [-0.25, -0.2) is 4.99 Å². The molecule has 1 saturated heterocycles. The number of para-hydroxylation sites is 1. The Morgan fingerprint density at radius 3 is 2.76 bits per heavy atom. The number of nitrogens with one attached hydrogen (secondary N) is 2. The van der Waals surface area contributed by atoms with Crippen molar-refractivity contribution in [2.45, 2.75) is 59.5 Å². The van der Waals surface area contributed by atoms with Crippen molar-refractivity contribution in [1.29, 1.82) is 0 Å². The number of benzene rings is 1. The molecule has 1 unspecified atom stereocenters. The van der Waals surface area contributed by atoms with Crippen molar-refractivity contribution in [2.24, 2.45) is 10.9 Å². The van der Waals surface area contributed by atoms with Crippen molar-refractivity contribution in [3.05, 3.63) is 29.8 Å². The average molecular weight is 516 g/mol. The predicted octanol–water partition coefficient (Wildman–Crippen LogP) is 3.80. The molecular weight excluding hydrogens is 479 g/mol. The van der Waals surface area contributed by atoms with Gasteiger partial charge in [0, 0.05) is 37.7 Å². The van der Waals surface area contributed by atoms with Crippen LogP contribution in [0, 0.1) is 5.92 Å². The van der Waals surface area contributed by atoms with Crippen molar-refractivity contribution in [2.75, 3.05) is 26.2 Å². The molecule has 0 spiro atoms. The van der Waals surface area contributed by atoms with E-state index in [0.717, 1.165) is 56.4 Å². The quantitative estimate of drug-likeness (QED) is 0.298. The molecule has 0 bridgehead atoms. The number of carbonyl (C=O) groups excluding carboxylic acids is 1. The summed E-state index contributed by atoms with van der Waals surface area (Å²) in [6.45, 7) is 12.0. The lowest BCUT2D eigenvalue weighted by molar-refractivity contribution is -0.129. The molecule has 1 aromatic carbocycles. The first-order chi connectivity index (χ1) is 13.5. The number of carbonyl (C=O) groups is 1. The number of likely N-dealkylation sites (tertiary alicyclic amines) is 1. The monoisotopic (exact) mass is 516 g/mol. The molecule has 0 aliphatic carbocycles. The van der Waals surface area contributed by atoms with Gasteiger partial charge in [0.2, 0.25) is 5.91 Å². The Labute approximate surface area is 192 Å². The highest BCUT2D eigenvalue weighted by Crippen LogP contribution is 2.19. The SMILES string of the molecule is CCNC(=NCc1ccccc1OCCC(C)C)NC1CCN(C(=O)CC)C1.I. The summed E-state index contributed by atoms with van der Waals surface area (Å²) < 4.78 is 5.97. The summed E-state index contributed by atoms with van der Waals surface area (Å²) in [6.07, 6.45) is 2.55. The lowest BCUT2D eigenvalue weighted by atomic mass is 10.1. The Bertz CT molecular complexity index is 651. The Balaban J connectivity index is 0.00000420. The number of hydrogen-bond donors (Lipinski definition) is 2. The van der Waals surface area contributed by atoms with Crippen molar-refractivity contribution in [3.63, 3.8) is 0 Å². The molecule has 1 atom stereocenters.